The molecule has 1 aromatic rings. The van der Waals surface area contributed by atoms with E-state index in [4.69, 9.17) is 5.73 Å². The van der Waals surface area contributed by atoms with Crippen molar-refractivity contribution in [2.24, 2.45) is 11.1 Å². The second kappa shape index (κ2) is 5.25. The van der Waals surface area contributed by atoms with Crippen molar-refractivity contribution in [2.75, 3.05) is 18.4 Å². The zero-order valence-corrected chi connectivity index (χ0v) is 9.69. The van der Waals surface area contributed by atoms with E-state index < -0.39 is 11.6 Å². The molecule has 0 unspecified atom stereocenters. The molecule has 0 spiro atoms. The molecule has 90 valence electrons. The monoisotopic (exact) mass is 228 g/mol. The fourth-order valence-corrected chi connectivity index (χ4v) is 1.25. The van der Waals surface area contributed by atoms with Gasteiger partial charge in [0.15, 0.2) is 11.6 Å². The van der Waals surface area contributed by atoms with Gasteiger partial charge in [-0.3, -0.25) is 0 Å². The van der Waals surface area contributed by atoms with Gasteiger partial charge in [-0.1, -0.05) is 13.8 Å². The maximum Gasteiger partial charge on any atom is 0.160 e. The molecule has 4 heteroatoms. The van der Waals surface area contributed by atoms with Gasteiger partial charge in [0.2, 0.25) is 0 Å². The van der Waals surface area contributed by atoms with Crippen molar-refractivity contribution in [3.8, 4) is 0 Å². The third-order valence-corrected chi connectivity index (χ3v) is 2.60. The van der Waals surface area contributed by atoms with Crippen molar-refractivity contribution >= 4 is 5.69 Å². The molecular weight excluding hydrogens is 210 g/mol. The third kappa shape index (κ3) is 3.77. The lowest BCUT2D eigenvalue weighted by molar-refractivity contribution is 0.358. The Morgan fingerprint density at radius 2 is 1.94 bits per heavy atom. The number of hydrogen-bond acceptors (Lipinski definition) is 2. The molecule has 16 heavy (non-hydrogen) atoms. The highest BCUT2D eigenvalue weighted by molar-refractivity contribution is 5.43. The standard InChI is InChI=1S/C12H18F2N2/c1-12(2,8-15)5-6-16-9-3-4-10(13)11(14)7-9/h3-4,7,16H,5-6,8,15H2,1-2H3. The molecule has 0 aliphatic heterocycles. The molecule has 0 radical (unpaired) electrons. The molecule has 0 aliphatic rings. The van der Waals surface area contributed by atoms with E-state index in [1.165, 1.54) is 6.07 Å². The lowest BCUT2D eigenvalue weighted by Gasteiger charge is -2.22. The van der Waals surface area contributed by atoms with Gasteiger partial charge in [0.05, 0.1) is 0 Å². The summed E-state index contributed by atoms with van der Waals surface area (Å²) in [6.07, 6.45) is 0.877. The number of hydrogen-bond donors (Lipinski definition) is 2. The van der Waals surface area contributed by atoms with E-state index in [-0.39, 0.29) is 5.41 Å². The average Bonchev–Trinajstić information content (AvgIpc) is 2.23. The minimum absolute atomic E-state index is 0.0611. The summed E-state index contributed by atoms with van der Waals surface area (Å²) in [6.45, 7) is 5.43. The predicted octanol–water partition coefficient (Wildman–Crippen LogP) is 2.75. The van der Waals surface area contributed by atoms with E-state index in [2.05, 4.69) is 19.2 Å². The summed E-state index contributed by atoms with van der Waals surface area (Å²) in [4.78, 5) is 0. The summed E-state index contributed by atoms with van der Waals surface area (Å²) < 4.78 is 25.5. The van der Waals surface area contributed by atoms with Crippen molar-refractivity contribution in [2.45, 2.75) is 20.3 Å². The maximum absolute atomic E-state index is 12.9. The number of nitrogens with one attached hydrogen (secondary N) is 1. The Morgan fingerprint density at radius 3 is 2.50 bits per heavy atom. The third-order valence-electron chi connectivity index (χ3n) is 2.60. The Balaban J connectivity index is 2.46. The molecule has 3 N–H and O–H groups in total. The van der Waals surface area contributed by atoms with Crippen LogP contribution in [0.5, 0.6) is 0 Å². The first kappa shape index (κ1) is 12.9. The summed E-state index contributed by atoms with van der Waals surface area (Å²) in [5, 5.41) is 3.04. The van der Waals surface area contributed by atoms with Crippen LogP contribution in [0, 0.1) is 17.0 Å². The van der Waals surface area contributed by atoms with Gasteiger partial charge in [-0.15, -0.1) is 0 Å². The van der Waals surface area contributed by atoms with Crippen molar-refractivity contribution in [3.05, 3.63) is 29.8 Å². The topological polar surface area (TPSA) is 38.0 Å². The van der Waals surface area contributed by atoms with Gasteiger partial charge in [0, 0.05) is 12.2 Å². The summed E-state index contributed by atoms with van der Waals surface area (Å²) in [6, 6.07) is 3.80. The molecule has 0 heterocycles. The molecule has 0 saturated heterocycles. The van der Waals surface area contributed by atoms with E-state index in [0.29, 0.717) is 18.8 Å². The summed E-state index contributed by atoms with van der Waals surface area (Å²) in [5.74, 6) is -1.66. The lowest BCUT2D eigenvalue weighted by atomic mass is 9.90. The SMILES string of the molecule is CC(C)(CN)CCNc1ccc(F)c(F)c1. The van der Waals surface area contributed by atoms with Crippen LogP contribution in [0.3, 0.4) is 0 Å². The molecule has 1 aromatic carbocycles. The molecule has 0 bridgehead atoms. The Bertz CT molecular complexity index is 351. The summed E-state index contributed by atoms with van der Waals surface area (Å²) in [5.41, 5.74) is 6.24. The van der Waals surface area contributed by atoms with Gasteiger partial charge in [0.1, 0.15) is 0 Å². The number of anilines is 1. The van der Waals surface area contributed by atoms with Crippen LogP contribution in [-0.2, 0) is 0 Å². The minimum atomic E-state index is -0.830. The Morgan fingerprint density at radius 1 is 1.25 bits per heavy atom. The highest BCUT2D eigenvalue weighted by atomic mass is 19.2. The fraction of sp³-hybridized carbons (Fsp3) is 0.500. The van der Waals surface area contributed by atoms with E-state index in [1.807, 2.05) is 0 Å². The Labute approximate surface area is 94.8 Å². The van der Waals surface area contributed by atoms with E-state index in [9.17, 15) is 8.78 Å². The lowest BCUT2D eigenvalue weighted by Crippen LogP contribution is -2.26. The molecule has 0 atom stereocenters. The van der Waals surface area contributed by atoms with Gasteiger partial charge < -0.3 is 11.1 Å². The van der Waals surface area contributed by atoms with Gasteiger partial charge in [-0.05, 0) is 36.6 Å². The molecule has 0 aromatic heterocycles. The molecule has 0 amide bonds. The van der Waals surface area contributed by atoms with Crippen LogP contribution in [0.1, 0.15) is 20.3 Å². The first-order valence-electron chi connectivity index (χ1n) is 5.33. The molecular formula is C12H18F2N2. The normalized spacial score (nSPS) is 11.6. The smallest absolute Gasteiger partial charge is 0.160 e. The van der Waals surface area contributed by atoms with Crippen LogP contribution >= 0.6 is 0 Å². The fourth-order valence-electron chi connectivity index (χ4n) is 1.25. The second-order valence-electron chi connectivity index (χ2n) is 4.67. The van der Waals surface area contributed by atoms with Crippen LogP contribution < -0.4 is 11.1 Å². The minimum Gasteiger partial charge on any atom is -0.385 e. The Kier molecular flexibility index (Phi) is 4.24. The number of halogens is 2. The van der Waals surface area contributed by atoms with Crippen LogP contribution in [-0.4, -0.2) is 13.1 Å². The highest BCUT2D eigenvalue weighted by Crippen LogP contribution is 2.19. The van der Waals surface area contributed by atoms with Crippen LogP contribution in [0.25, 0.3) is 0 Å². The molecule has 0 aliphatic carbocycles. The molecule has 2 nitrogen and oxygen atoms in total. The zero-order chi connectivity index (χ0) is 12.2. The zero-order valence-electron chi connectivity index (χ0n) is 9.69. The van der Waals surface area contributed by atoms with E-state index in [1.54, 1.807) is 0 Å². The quantitative estimate of drug-likeness (QED) is 0.813. The van der Waals surface area contributed by atoms with Gasteiger partial charge in [0.25, 0.3) is 0 Å². The number of rotatable bonds is 5. The average molecular weight is 228 g/mol. The predicted molar refractivity (Wildman–Crippen MR) is 62.3 cm³/mol. The largest absolute Gasteiger partial charge is 0.385 e. The van der Waals surface area contributed by atoms with Gasteiger partial charge in [-0.2, -0.15) is 0 Å². The molecule has 1 rings (SSSR count). The van der Waals surface area contributed by atoms with Gasteiger partial charge in [-0.25, -0.2) is 8.78 Å². The van der Waals surface area contributed by atoms with E-state index in [0.717, 1.165) is 18.6 Å². The highest BCUT2D eigenvalue weighted by Gasteiger charge is 2.14. The second-order valence-corrected chi connectivity index (χ2v) is 4.67. The maximum atomic E-state index is 12.9. The van der Waals surface area contributed by atoms with Crippen molar-refractivity contribution in [3.63, 3.8) is 0 Å². The van der Waals surface area contributed by atoms with Crippen molar-refractivity contribution in [1.29, 1.82) is 0 Å². The van der Waals surface area contributed by atoms with Crippen molar-refractivity contribution in [1.82, 2.24) is 0 Å². The van der Waals surface area contributed by atoms with Gasteiger partial charge >= 0.3 is 0 Å². The first-order valence-corrected chi connectivity index (χ1v) is 5.33. The molecule has 0 saturated carbocycles. The van der Waals surface area contributed by atoms with Crippen LogP contribution in [0.2, 0.25) is 0 Å². The van der Waals surface area contributed by atoms with Crippen molar-refractivity contribution < 1.29 is 8.78 Å². The summed E-state index contributed by atoms with van der Waals surface area (Å²) >= 11 is 0. The van der Waals surface area contributed by atoms with Crippen LogP contribution in [0.4, 0.5) is 14.5 Å². The Hall–Kier alpha value is -1.16. The van der Waals surface area contributed by atoms with Crippen LogP contribution in [0.15, 0.2) is 18.2 Å². The number of benzene rings is 1. The number of nitrogens with two attached hydrogens (primary N) is 1. The summed E-state index contributed by atoms with van der Waals surface area (Å²) in [7, 11) is 0. The first-order chi connectivity index (χ1) is 7.44. The van der Waals surface area contributed by atoms with E-state index >= 15 is 0 Å². The molecule has 0 fully saturated rings.